The average Bonchev–Trinajstić information content (AvgIpc) is 2.82. The highest BCUT2D eigenvalue weighted by atomic mass is 16.5. The van der Waals surface area contributed by atoms with Crippen molar-refractivity contribution < 1.29 is 28.6 Å². The van der Waals surface area contributed by atoms with E-state index in [1.807, 2.05) is 24.3 Å². The molecule has 0 unspecified atom stereocenters. The van der Waals surface area contributed by atoms with Gasteiger partial charge in [0.15, 0.2) is 12.4 Å². The van der Waals surface area contributed by atoms with Crippen molar-refractivity contribution in [3.63, 3.8) is 0 Å². The third-order valence-corrected chi connectivity index (χ3v) is 4.56. The second-order valence-corrected chi connectivity index (χ2v) is 6.80. The van der Waals surface area contributed by atoms with Gasteiger partial charge in [0.1, 0.15) is 11.5 Å². The number of carbonyl (C=O) groups is 3. The minimum Gasteiger partial charge on any atom is -0.496 e. The molecule has 7 nitrogen and oxygen atoms in total. The average molecular weight is 433 g/mol. The van der Waals surface area contributed by atoms with Crippen LogP contribution in [0.5, 0.6) is 17.2 Å². The van der Waals surface area contributed by atoms with E-state index in [-0.39, 0.29) is 23.4 Å². The van der Waals surface area contributed by atoms with Crippen molar-refractivity contribution in [2.75, 3.05) is 13.7 Å². The van der Waals surface area contributed by atoms with Gasteiger partial charge in [-0.15, -0.1) is 0 Å². The van der Waals surface area contributed by atoms with E-state index < -0.39 is 24.3 Å². The summed E-state index contributed by atoms with van der Waals surface area (Å²) in [5.41, 5.74) is 1.12. The molecule has 164 valence electrons. The van der Waals surface area contributed by atoms with Gasteiger partial charge >= 0.3 is 5.97 Å². The molecule has 0 aliphatic carbocycles. The van der Waals surface area contributed by atoms with Crippen LogP contribution in [0.1, 0.15) is 33.2 Å². The van der Waals surface area contributed by atoms with E-state index in [9.17, 15) is 14.4 Å². The summed E-state index contributed by atoms with van der Waals surface area (Å²) in [6.45, 7) is 0.988. The Labute approximate surface area is 185 Å². The lowest BCUT2D eigenvalue weighted by molar-refractivity contribution is -0.139. The number of ether oxygens (including phenoxy) is 3. The molecule has 0 radical (unpaired) electrons. The van der Waals surface area contributed by atoms with Crippen molar-refractivity contribution in [2.45, 2.75) is 13.5 Å². The van der Waals surface area contributed by atoms with Gasteiger partial charge in [0.05, 0.1) is 18.2 Å². The predicted octanol–water partition coefficient (Wildman–Crippen LogP) is 4.16. The number of hydrogen-bond acceptors (Lipinski definition) is 6. The van der Waals surface area contributed by atoms with E-state index in [4.69, 9.17) is 14.2 Å². The Balaban J connectivity index is 1.91. The van der Waals surface area contributed by atoms with Gasteiger partial charge in [-0.25, -0.2) is 0 Å². The highest BCUT2D eigenvalue weighted by molar-refractivity contribution is 6.05. The van der Waals surface area contributed by atoms with Gasteiger partial charge < -0.3 is 19.5 Å². The number of nitrogens with one attached hydrogen (secondary N) is 1. The van der Waals surface area contributed by atoms with Gasteiger partial charge in [0.25, 0.3) is 5.91 Å². The third-order valence-electron chi connectivity index (χ3n) is 4.56. The van der Waals surface area contributed by atoms with Gasteiger partial charge in [-0.05, 0) is 30.3 Å². The summed E-state index contributed by atoms with van der Waals surface area (Å²) < 4.78 is 16.1. The zero-order valence-corrected chi connectivity index (χ0v) is 17.8. The van der Waals surface area contributed by atoms with Crippen LogP contribution >= 0.6 is 0 Å². The molecule has 7 heteroatoms. The molecule has 0 aliphatic heterocycles. The fraction of sp³-hybridized carbons (Fsp3) is 0.160. The molecule has 0 atom stereocenters. The molecule has 32 heavy (non-hydrogen) atoms. The lowest BCUT2D eigenvalue weighted by Crippen LogP contribution is -2.24. The van der Waals surface area contributed by atoms with Crippen LogP contribution in [-0.2, 0) is 16.1 Å². The highest BCUT2D eigenvalue weighted by Crippen LogP contribution is 2.30. The maximum Gasteiger partial charge on any atom is 0.303 e. The van der Waals surface area contributed by atoms with Crippen LogP contribution in [-0.4, -0.2) is 31.4 Å². The first-order valence-corrected chi connectivity index (χ1v) is 9.92. The Morgan fingerprint density at radius 2 is 1.53 bits per heavy atom. The fourth-order valence-electron chi connectivity index (χ4n) is 3.02. The van der Waals surface area contributed by atoms with Crippen LogP contribution in [0.3, 0.4) is 0 Å². The Hall–Kier alpha value is -4.13. The van der Waals surface area contributed by atoms with Gasteiger partial charge in [0, 0.05) is 19.0 Å². The molecule has 0 saturated heterocycles. The minimum atomic E-state index is -0.574. The largest absolute Gasteiger partial charge is 0.496 e. The summed E-state index contributed by atoms with van der Waals surface area (Å²) in [5, 5.41) is 2.84. The van der Waals surface area contributed by atoms with Crippen molar-refractivity contribution in [1.29, 1.82) is 0 Å². The van der Waals surface area contributed by atoms with E-state index in [0.29, 0.717) is 11.5 Å². The zero-order chi connectivity index (χ0) is 22.9. The van der Waals surface area contributed by atoms with Crippen LogP contribution in [0.15, 0.2) is 72.8 Å². The molecule has 0 heterocycles. The van der Waals surface area contributed by atoms with Crippen molar-refractivity contribution in [3.8, 4) is 17.2 Å². The van der Waals surface area contributed by atoms with Crippen LogP contribution in [0.4, 0.5) is 0 Å². The Morgan fingerprint density at radius 1 is 0.844 bits per heavy atom. The molecule has 0 spiro atoms. The van der Waals surface area contributed by atoms with Gasteiger partial charge in [-0.1, -0.05) is 42.5 Å². The molecular weight excluding hydrogens is 410 g/mol. The molecule has 0 aromatic heterocycles. The van der Waals surface area contributed by atoms with Gasteiger partial charge in [-0.3, -0.25) is 14.4 Å². The van der Waals surface area contributed by atoms with Crippen molar-refractivity contribution in [1.82, 2.24) is 5.32 Å². The first kappa shape index (κ1) is 22.6. The quantitative estimate of drug-likeness (QED) is 0.402. The molecule has 1 N–H and O–H groups in total. The summed E-state index contributed by atoms with van der Waals surface area (Å²) in [6, 6.07) is 20.8. The fourth-order valence-corrected chi connectivity index (χ4v) is 3.02. The van der Waals surface area contributed by atoms with Crippen molar-refractivity contribution in [3.05, 3.63) is 89.5 Å². The summed E-state index contributed by atoms with van der Waals surface area (Å²) in [7, 11) is 1.56. The van der Waals surface area contributed by atoms with Gasteiger partial charge in [0.2, 0.25) is 5.78 Å². The minimum absolute atomic E-state index is 0.0911. The lowest BCUT2D eigenvalue weighted by atomic mass is 10.0. The summed E-state index contributed by atoms with van der Waals surface area (Å²) >= 11 is 0. The molecule has 3 rings (SSSR count). The number of esters is 1. The van der Waals surface area contributed by atoms with Crippen molar-refractivity contribution >= 4 is 17.7 Å². The van der Waals surface area contributed by atoms with Gasteiger partial charge in [-0.2, -0.15) is 0 Å². The standard InChI is InChI=1S/C25H23NO6/c1-17(27)31-16-22(28)20-12-8-13-21(24(20)32-19-10-4-3-5-11-19)25(29)26-15-18-9-6-7-14-23(18)30-2/h3-14H,15-16H2,1-2H3,(H,26,29). The maximum absolute atomic E-state index is 13.0. The summed E-state index contributed by atoms with van der Waals surface area (Å²) in [4.78, 5) is 36.9. The van der Waals surface area contributed by atoms with E-state index in [2.05, 4.69) is 5.32 Å². The van der Waals surface area contributed by atoms with Crippen LogP contribution in [0.2, 0.25) is 0 Å². The smallest absolute Gasteiger partial charge is 0.303 e. The second kappa shape index (κ2) is 10.8. The number of carbonyl (C=O) groups excluding carboxylic acids is 3. The lowest BCUT2D eigenvalue weighted by Gasteiger charge is -2.16. The number of methoxy groups -OCH3 is 1. The Bertz CT molecular complexity index is 1110. The molecule has 0 aliphatic rings. The number of Topliss-reactive ketones (excluding diaryl/α,β-unsaturated/α-hetero) is 1. The van der Waals surface area contributed by atoms with Crippen LogP contribution in [0.25, 0.3) is 0 Å². The third kappa shape index (κ3) is 5.72. The molecule has 3 aromatic rings. The molecule has 0 fully saturated rings. The van der Waals surface area contributed by atoms with Crippen LogP contribution < -0.4 is 14.8 Å². The number of amides is 1. The summed E-state index contributed by atoms with van der Waals surface area (Å²) in [5.74, 6) is -0.282. The number of benzene rings is 3. The summed E-state index contributed by atoms with van der Waals surface area (Å²) in [6.07, 6.45) is 0. The number of ketones is 1. The number of para-hydroxylation sites is 3. The zero-order valence-electron chi connectivity index (χ0n) is 17.8. The Morgan fingerprint density at radius 3 is 2.25 bits per heavy atom. The molecule has 0 saturated carbocycles. The van der Waals surface area contributed by atoms with Crippen molar-refractivity contribution in [2.24, 2.45) is 0 Å². The predicted molar refractivity (Wildman–Crippen MR) is 118 cm³/mol. The Kier molecular flexibility index (Phi) is 7.59. The first-order valence-electron chi connectivity index (χ1n) is 9.92. The van der Waals surface area contributed by atoms with E-state index in [1.165, 1.54) is 13.0 Å². The normalized spacial score (nSPS) is 10.2. The monoisotopic (exact) mass is 433 g/mol. The SMILES string of the molecule is COc1ccccc1CNC(=O)c1cccc(C(=O)COC(C)=O)c1Oc1ccccc1. The highest BCUT2D eigenvalue weighted by Gasteiger charge is 2.22. The second-order valence-electron chi connectivity index (χ2n) is 6.80. The first-order chi connectivity index (χ1) is 15.5. The topological polar surface area (TPSA) is 90.9 Å². The maximum atomic E-state index is 13.0. The molecule has 1 amide bonds. The number of rotatable bonds is 9. The number of hydrogen-bond donors (Lipinski definition) is 1. The van der Waals surface area contributed by atoms with E-state index in [1.54, 1.807) is 49.6 Å². The van der Waals surface area contributed by atoms with E-state index >= 15 is 0 Å². The molecular formula is C25H23NO6. The molecule has 0 bridgehead atoms. The van der Waals surface area contributed by atoms with Crippen LogP contribution in [0, 0.1) is 0 Å². The van der Waals surface area contributed by atoms with E-state index in [0.717, 1.165) is 5.56 Å². The molecule has 3 aromatic carbocycles.